The number of nitrogens with zero attached hydrogens (tertiary/aromatic N) is 1. The zero-order valence-electron chi connectivity index (χ0n) is 11.9. The molecular formula is C15H18N2O3. The summed E-state index contributed by atoms with van der Waals surface area (Å²) in [5, 5.41) is 2.24. The van der Waals surface area contributed by atoms with Crippen LogP contribution in [0.25, 0.3) is 0 Å². The molecule has 1 saturated heterocycles. The molecule has 1 aromatic rings. The Labute approximate surface area is 118 Å². The number of nitrogens with one attached hydrogen (secondary N) is 1. The molecule has 1 aliphatic rings. The first-order valence-electron chi connectivity index (χ1n) is 6.66. The number of aryl methyl sites for hydroxylation is 1. The highest BCUT2D eigenvalue weighted by Gasteiger charge is 2.37. The highest BCUT2D eigenvalue weighted by atomic mass is 16.2. The lowest BCUT2D eigenvalue weighted by atomic mass is 10.0. The third-order valence-electron chi connectivity index (χ3n) is 3.76. The van der Waals surface area contributed by atoms with Crippen molar-refractivity contribution in [1.82, 2.24) is 10.2 Å². The van der Waals surface area contributed by atoms with Crippen LogP contribution in [0.3, 0.4) is 0 Å². The molecule has 20 heavy (non-hydrogen) atoms. The monoisotopic (exact) mass is 274 g/mol. The average molecular weight is 274 g/mol. The van der Waals surface area contributed by atoms with Gasteiger partial charge in [0.15, 0.2) is 0 Å². The third-order valence-corrected chi connectivity index (χ3v) is 3.76. The molecule has 1 aromatic carbocycles. The molecule has 0 saturated carbocycles. The predicted octanol–water partition coefficient (Wildman–Crippen LogP) is 1.18. The van der Waals surface area contributed by atoms with Gasteiger partial charge in [-0.3, -0.25) is 19.7 Å². The molecule has 106 valence electrons. The first-order valence-corrected chi connectivity index (χ1v) is 6.66. The van der Waals surface area contributed by atoms with Crippen LogP contribution in [0.2, 0.25) is 0 Å². The van der Waals surface area contributed by atoms with E-state index in [1.807, 2.05) is 26.0 Å². The summed E-state index contributed by atoms with van der Waals surface area (Å²) < 4.78 is 0. The number of amides is 3. The molecule has 1 atom stereocenters. The Kier molecular flexibility index (Phi) is 3.88. The van der Waals surface area contributed by atoms with E-state index in [0.717, 1.165) is 11.1 Å². The third kappa shape index (κ3) is 2.43. The molecule has 0 radical (unpaired) electrons. The van der Waals surface area contributed by atoms with E-state index < -0.39 is 11.9 Å². The summed E-state index contributed by atoms with van der Waals surface area (Å²) in [4.78, 5) is 37.1. The van der Waals surface area contributed by atoms with Crippen molar-refractivity contribution in [2.75, 3.05) is 6.54 Å². The lowest BCUT2D eigenvalue weighted by Gasteiger charge is -2.26. The van der Waals surface area contributed by atoms with Gasteiger partial charge in [-0.15, -0.1) is 0 Å². The number of hydrogen-bond donors (Lipinski definition) is 1. The Morgan fingerprint density at radius 3 is 2.60 bits per heavy atom. The van der Waals surface area contributed by atoms with Crippen LogP contribution in [0.1, 0.15) is 34.8 Å². The van der Waals surface area contributed by atoms with Gasteiger partial charge in [-0.2, -0.15) is 0 Å². The van der Waals surface area contributed by atoms with E-state index >= 15 is 0 Å². The first kappa shape index (κ1) is 14.2. The minimum atomic E-state index is -0.695. The highest BCUT2D eigenvalue weighted by Crippen LogP contribution is 2.19. The lowest BCUT2D eigenvalue weighted by molar-refractivity contribution is -0.126. The fourth-order valence-electron chi connectivity index (χ4n) is 2.43. The van der Waals surface area contributed by atoms with E-state index in [4.69, 9.17) is 0 Å². The van der Waals surface area contributed by atoms with Gasteiger partial charge in [0, 0.05) is 12.1 Å². The van der Waals surface area contributed by atoms with Crippen LogP contribution < -0.4 is 5.32 Å². The SMILES string of the molecule is CCN(C(=O)c1cccc(C)c1C)C1CC(=O)NC1=O. The summed E-state index contributed by atoms with van der Waals surface area (Å²) in [5.74, 6) is -0.925. The quantitative estimate of drug-likeness (QED) is 0.842. The van der Waals surface area contributed by atoms with Gasteiger partial charge in [-0.05, 0) is 38.0 Å². The van der Waals surface area contributed by atoms with Crippen LogP contribution >= 0.6 is 0 Å². The Bertz CT molecular complexity index is 580. The van der Waals surface area contributed by atoms with E-state index in [-0.39, 0.29) is 18.2 Å². The van der Waals surface area contributed by atoms with Crippen molar-refractivity contribution in [2.24, 2.45) is 0 Å². The van der Waals surface area contributed by atoms with Gasteiger partial charge in [0.2, 0.25) is 11.8 Å². The number of carbonyl (C=O) groups excluding carboxylic acids is 3. The van der Waals surface area contributed by atoms with Crippen molar-refractivity contribution < 1.29 is 14.4 Å². The first-order chi connectivity index (χ1) is 9.45. The maximum Gasteiger partial charge on any atom is 0.254 e. The molecule has 5 nitrogen and oxygen atoms in total. The van der Waals surface area contributed by atoms with Crippen LogP contribution in [0, 0.1) is 13.8 Å². The second-order valence-electron chi connectivity index (χ2n) is 4.97. The molecule has 0 aromatic heterocycles. The molecule has 2 rings (SSSR count). The van der Waals surface area contributed by atoms with Crippen LogP contribution in [-0.2, 0) is 9.59 Å². The number of likely N-dealkylation sites (N-methyl/N-ethyl adjacent to an activating group) is 1. The van der Waals surface area contributed by atoms with E-state index in [1.165, 1.54) is 4.90 Å². The van der Waals surface area contributed by atoms with Gasteiger partial charge in [0.25, 0.3) is 5.91 Å². The van der Waals surface area contributed by atoms with Crippen molar-refractivity contribution >= 4 is 17.7 Å². The fraction of sp³-hybridized carbons (Fsp3) is 0.400. The van der Waals surface area contributed by atoms with Gasteiger partial charge in [0.1, 0.15) is 6.04 Å². The Morgan fingerprint density at radius 2 is 2.05 bits per heavy atom. The summed E-state index contributed by atoms with van der Waals surface area (Å²) in [6.07, 6.45) is 0.0449. The van der Waals surface area contributed by atoms with Gasteiger partial charge in [0.05, 0.1) is 6.42 Å². The summed E-state index contributed by atoms with van der Waals surface area (Å²) in [5.41, 5.74) is 2.51. The number of rotatable bonds is 3. The molecule has 0 bridgehead atoms. The molecule has 1 aliphatic heterocycles. The summed E-state index contributed by atoms with van der Waals surface area (Å²) in [6, 6.07) is 4.82. The number of benzene rings is 1. The zero-order valence-corrected chi connectivity index (χ0v) is 11.9. The molecule has 5 heteroatoms. The molecule has 0 aliphatic carbocycles. The molecule has 1 heterocycles. The van der Waals surface area contributed by atoms with E-state index in [2.05, 4.69) is 5.32 Å². The van der Waals surface area contributed by atoms with Crippen molar-refractivity contribution in [2.45, 2.75) is 33.2 Å². The number of hydrogen-bond acceptors (Lipinski definition) is 3. The van der Waals surface area contributed by atoms with Gasteiger partial charge in [-0.25, -0.2) is 0 Å². The van der Waals surface area contributed by atoms with Crippen molar-refractivity contribution in [3.8, 4) is 0 Å². The lowest BCUT2D eigenvalue weighted by Crippen LogP contribution is -2.44. The standard InChI is InChI=1S/C15H18N2O3/c1-4-17(12-8-13(18)16-14(12)19)15(20)11-7-5-6-9(2)10(11)3/h5-7,12H,4,8H2,1-3H3,(H,16,18,19). The van der Waals surface area contributed by atoms with Crippen LogP contribution in [-0.4, -0.2) is 35.2 Å². The number of carbonyl (C=O) groups is 3. The molecule has 1 unspecified atom stereocenters. The highest BCUT2D eigenvalue weighted by molar-refractivity contribution is 6.08. The van der Waals surface area contributed by atoms with Crippen LogP contribution in [0.5, 0.6) is 0 Å². The summed E-state index contributed by atoms with van der Waals surface area (Å²) >= 11 is 0. The summed E-state index contributed by atoms with van der Waals surface area (Å²) in [6.45, 7) is 6.02. The number of imide groups is 1. The second kappa shape index (κ2) is 5.45. The summed E-state index contributed by atoms with van der Waals surface area (Å²) in [7, 11) is 0. The normalized spacial score (nSPS) is 18.1. The maximum atomic E-state index is 12.6. The zero-order chi connectivity index (χ0) is 14.9. The molecule has 0 spiro atoms. The minimum Gasteiger partial charge on any atom is -0.326 e. The topological polar surface area (TPSA) is 66.5 Å². The Balaban J connectivity index is 2.32. The fourth-order valence-corrected chi connectivity index (χ4v) is 2.43. The Hall–Kier alpha value is -2.17. The Morgan fingerprint density at radius 1 is 1.35 bits per heavy atom. The molecule has 1 fully saturated rings. The molecule has 3 amide bonds. The van der Waals surface area contributed by atoms with Crippen LogP contribution in [0.4, 0.5) is 0 Å². The molecule has 1 N–H and O–H groups in total. The molecular weight excluding hydrogens is 256 g/mol. The maximum absolute atomic E-state index is 12.6. The van der Waals surface area contributed by atoms with E-state index in [0.29, 0.717) is 12.1 Å². The largest absolute Gasteiger partial charge is 0.326 e. The van der Waals surface area contributed by atoms with Gasteiger partial charge >= 0.3 is 0 Å². The minimum absolute atomic E-state index is 0.0449. The van der Waals surface area contributed by atoms with Gasteiger partial charge < -0.3 is 4.90 Å². The van der Waals surface area contributed by atoms with E-state index in [9.17, 15) is 14.4 Å². The predicted molar refractivity (Wildman–Crippen MR) is 74.2 cm³/mol. The smallest absolute Gasteiger partial charge is 0.254 e. The van der Waals surface area contributed by atoms with Crippen molar-refractivity contribution in [3.63, 3.8) is 0 Å². The van der Waals surface area contributed by atoms with Gasteiger partial charge in [-0.1, -0.05) is 12.1 Å². The average Bonchev–Trinajstić information content (AvgIpc) is 2.73. The van der Waals surface area contributed by atoms with Crippen molar-refractivity contribution in [3.05, 3.63) is 34.9 Å². The van der Waals surface area contributed by atoms with Crippen LogP contribution in [0.15, 0.2) is 18.2 Å². The van der Waals surface area contributed by atoms with Crippen molar-refractivity contribution in [1.29, 1.82) is 0 Å². The van der Waals surface area contributed by atoms with E-state index in [1.54, 1.807) is 13.0 Å². The second-order valence-corrected chi connectivity index (χ2v) is 4.97.